The molecule has 0 saturated heterocycles. The third kappa shape index (κ3) is 4.69. The summed E-state index contributed by atoms with van der Waals surface area (Å²) in [5, 5.41) is 23.0. The lowest BCUT2D eigenvalue weighted by Gasteiger charge is -2.24. The number of halogens is 1. The number of nitro benzene ring substituents is 1. The molecule has 114 valence electrons. The van der Waals surface area contributed by atoms with Crippen LogP contribution < -0.4 is 10.1 Å². The quantitative estimate of drug-likeness (QED) is 0.438. The third-order valence-electron chi connectivity index (χ3n) is 3.43. The van der Waals surface area contributed by atoms with Gasteiger partial charge in [0.05, 0.1) is 28.1 Å². The molecule has 1 atom stereocenters. The van der Waals surface area contributed by atoms with E-state index in [1.807, 2.05) is 6.92 Å². The SMILES string of the molecule is CCC(C#N)(CCCOc1cc([N+](=O)[O-])ccc1Br)NC. The number of benzene rings is 1. The fourth-order valence-corrected chi connectivity index (χ4v) is 2.30. The Morgan fingerprint density at radius 3 is 2.81 bits per heavy atom. The standard InChI is InChI=1S/C14H18BrN3O3/c1-3-14(10-16,17-2)7-4-8-21-13-9-11(18(19)20)5-6-12(13)15/h5-6,9,17H,3-4,7-8H2,1-2H3. The second-order valence-electron chi connectivity index (χ2n) is 4.62. The lowest BCUT2D eigenvalue weighted by Crippen LogP contribution is -2.41. The molecule has 7 heteroatoms. The fourth-order valence-electron chi connectivity index (χ4n) is 1.94. The monoisotopic (exact) mass is 355 g/mol. The summed E-state index contributed by atoms with van der Waals surface area (Å²) >= 11 is 3.30. The number of rotatable bonds is 8. The highest BCUT2D eigenvalue weighted by atomic mass is 79.9. The Bertz CT molecular complexity index is 539. The van der Waals surface area contributed by atoms with Crippen LogP contribution in [-0.4, -0.2) is 24.1 Å². The molecule has 0 aliphatic rings. The summed E-state index contributed by atoms with van der Waals surface area (Å²) in [6.45, 7) is 2.35. The molecule has 0 bridgehead atoms. The number of hydrogen-bond acceptors (Lipinski definition) is 5. The number of nitriles is 1. The number of nitrogens with zero attached hydrogens (tertiary/aromatic N) is 2. The molecule has 1 unspecified atom stereocenters. The van der Waals surface area contributed by atoms with Gasteiger partial charge >= 0.3 is 0 Å². The third-order valence-corrected chi connectivity index (χ3v) is 4.08. The minimum Gasteiger partial charge on any atom is -0.492 e. The first-order chi connectivity index (χ1) is 9.98. The summed E-state index contributed by atoms with van der Waals surface area (Å²) < 4.78 is 6.24. The Hall–Kier alpha value is -1.65. The minimum absolute atomic E-state index is 0.0108. The molecule has 0 spiro atoms. The summed E-state index contributed by atoms with van der Waals surface area (Å²) in [6.07, 6.45) is 2.04. The van der Waals surface area contributed by atoms with Gasteiger partial charge in [-0.25, -0.2) is 0 Å². The zero-order chi connectivity index (χ0) is 15.9. The number of non-ortho nitro benzene ring substituents is 1. The summed E-state index contributed by atoms with van der Waals surface area (Å²) in [4.78, 5) is 10.3. The minimum atomic E-state index is -0.538. The maximum absolute atomic E-state index is 10.7. The molecule has 1 rings (SSSR count). The van der Waals surface area contributed by atoms with Crippen molar-refractivity contribution in [2.75, 3.05) is 13.7 Å². The second kappa shape index (κ2) is 7.96. The second-order valence-corrected chi connectivity index (χ2v) is 5.48. The van der Waals surface area contributed by atoms with Crippen molar-refractivity contribution in [2.24, 2.45) is 0 Å². The molecule has 1 N–H and O–H groups in total. The number of nitrogens with one attached hydrogen (secondary N) is 1. The van der Waals surface area contributed by atoms with Crippen molar-refractivity contribution in [3.8, 4) is 11.8 Å². The Labute approximate surface area is 132 Å². The van der Waals surface area contributed by atoms with Crippen molar-refractivity contribution in [3.05, 3.63) is 32.8 Å². The summed E-state index contributed by atoms with van der Waals surface area (Å²) in [5.74, 6) is 0.438. The topological polar surface area (TPSA) is 88.2 Å². The average molecular weight is 356 g/mol. The molecule has 0 saturated carbocycles. The molecule has 1 aromatic rings. The highest BCUT2D eigenvalue weighted by Gasteiger charge is 2.24. The molecule has 0 fully saturated rings. The lowest BCUT2D eigenvalue weighted by atomic mass is 9.92. The largest absolute Gasteiger partial charge is 0.492 e. The maximum Gasteiger partial charge on any atom is 0.273 e. The van der Waals surface area contributed by atoms with Gasteiger partial charge in [-0.1, -0.05) is 6.92 Å². The van der Waals surface area contributed by atoms with Crippen molar-refractivity contribution in [1.29, 1.82) is 5.26 Å². The van der Waals surface area contributed by atoms with Crippen molar-refractivity contribution in [1.82, 2.24) is 5.32 Å². The summed E-state index contributed by atoms with van der Waals surface area (Å²) in [5.41, 5.74) is -0.549. The van der Waals surface area contributed by atoms with Crippen LogP contribution in [-0.2, 0) is 0 Å². The average Bonchev–Trinajstić information content (AvgIpc) is 2.49. The van der Waals surface area contributed by atoms with Crippen LogP contribution in [0, 0.1) is 21.4 Å². The predicted molar refractivity (Wildman–Crippen MR) is 83.2 cm³/mol. The molecule has 21 heavy (non-hydrogen) atoms. The Morgan fingerprint density at radius 2 is 2.29 bits per heavy atom. The predicted octanol–water partition coefficient (Wildman–Crippen LogP) is 3.41. The van der Waals surface area contributed by atoms with E-state index in [1.165, 1.54) is 12.1 Å². The summed E-state index contributed by atoms with van der Waals surface area (Å²) in [7, 11) is 1.77. The van der Waals surface area contributed by atoms with Crippen LogP contribution in [0.15, 0.2) is 22.7 Å². The van der Waals surface area contributed by atoms with E-state index in [4.69, 9.17) is 4.74 Å². The van der Waals surface area contributed by atoms with Gasteiger partial charge in [0.1, 0.15) is 11.3 Å². The van der Waals surface area contributed by atoms with E-state index in [1.54, 1.807) is 13.1 Å². The van der Waals surface area contributed by atoms with Crippen molar-refractivity contribution < 1.29 is 9.66 Å². The van der Waals surface area contributed by atoms with Crippen LogP contribution in [0.3, 0.4) is 0 Å². The van der Waals surface area contributed by atoms with E-state index >= 15 is 0 Å². The van der Waals surface area contributed by atoms with Crippen LogP contribution in [0.1, 0.15) is 26.2 Å². The Morgan fingerprint density at radius 1 is 1.57 bits per heavy atom. The van der Waals surface area contributed by atoms with Gasteiger partial charge in [0.2, 0.25) is 0 Å². The molecular weight excluding hydrogens is 338 g/mol. The highest BCUT2D eigenvalue weighted by molar-refractivity contribution is 9.10. The van der Waals surface area contributed by atoms with Gasteiger partial charge < -0.3 is 10.1 Å². The first-order valence-corrected chi connectivity index (χ1v) is 7.44. The molecule has 0 radical (unpaired) electrons. The van der Waals surface area contributed by atoms with E-state index in [9.17, 15) is 15.4 Å². The van der Waals surface area contributed by atoms with Gasteiger partial charge in [-0.3, -0.25) is 10.1 Å². The van der Waals surface area contributed by atoms with Gasteiger partial charge in [0.15, 0.2) is 0 Å². The van der Waals surface area contributed by atoms with E-state index in [2.05, 4.69) is 27.3 Å². The molecule has 0 amide bonds. The van der Waals surface area contributed by atoms with Crippen molar-refractivity contribution >= 4 is 21.6 Å². The zero-order valence-corrected chi connectivity index (χ0v) is 13.6. The number of hydrogen-bond donors (Lipinski definition) is 1. The van der Waals surface area contributed by atoms with E-state index in [0.29, 0.717) is 36.1 Å². The van der Waals surface area contributed by atoms with Crippen LogP contribution in [0.2, 0.25) is 0 Å². The van der Waals surface area contributed by atoms with Crippen LogP contribution in [0.4, 0.5) is 5.69 Å². The normalized spacial score (nSPS) is 13.2. The van der Waals surface area contributed by atoms with Crippen molar-refractivity contribution in [3.63, 3.8) is 0 Å². The molecule has 0 aromatic heterocycles. The van der Waals surface area contributed by atoms with Gasteiger partial charge in [-0.2, -0.15) is 5.26 Å². The van der Waals surface area contributed by atoms with Gasteiger partial charge in [-0.05, 0) is 48.3 Å². The molecule has 0 aliphatic heterocycles. The van der Waals surface area contributed by atoms with Gasteiger partial charge in [-0.15, -0.1) is 0 Å². The molecule has 0 heterocycles. The van der Waals surface area contributed by atoms with Gasteiger partial charge in [0.25, 0.3) is 5.69 Å². The zero-order valence-electron chi connectivity index (χ0n) is 12.1. The van der Waals surface area contributed by atoms with Crippen LogP contribution in [0.25, 0.3) is 0 Å². The maximum atomic E-state index is 10.7. The van der Waals surface area contributed by atoms with E-state index in [-0.39, 0.29) is 5.69 Å². The molecular formula is C14H18BrN3O3. The Balaban J connectivity index is 2.59. The van der Waals surface area contributed by atoms with Crippen molar-refractivity contribution in [2.45, 2.75) is 31.7 Å². The van der Waals surface area contributed by atoms with Crippen LogP contribution >= 0.6 is 15.9 Å². The Kier molecular flexibility index (Phi) is 6.59. The fraction of sp³-hybridized carbons (Fsp3) is 0.500. The van der Waals surface area contributed by atoms with E-state index < -0.39 is 10.5 Å². The smallest absolute Gasteiger partial charge is 0.273 e. The lowest BCUT2D eigenvalue weighted by molar-refractivity contribution is -0.385. The molecule has 1 aromatic carbocycles. The molecule has 6 nitrogen and oxygen atoms in total. The number of nitro groups is 1. The first kappa shape index (κ1) is 17.4. The number of ether oxygens (including phenoxy) is 1. The van der Waals surface area contributed by atoms with Crippen LogP contribution in [0.5, 0.6) is 5.75 Å². The first-order valence-electron chi connectivity index (χ1n) is 6.65. The van der Waals surface area contributed by atoms with E-state index in [0.717, 1.165) is 0 Å². The summed E-state index contributed by atoms with van der Waals surface area (Å²) in [6, 6.07) is 6.67. The van der Waals surface area contributed by atoms with Gasteiger partial charge in [0, 0.05) is 6.07 Å². The highest BCUT2D eigenvalue weighted by Crippen LogP contribution is 2.29. The molecule has 0 aliphatic carbocycles.